The smallest absolute Gasteiger partial charge is 0.320 e. The van der Waals surface area contributed by atoms with Gasteiger partial charge in [0.15, 0.2) is 0 Å². The Balaban J connectivity index is 1.94. The molecule has 4 heteroatoms. The maximum Gasteiger partial charge on any atom is 0.320 e. The zero-order valence-corrected chi connectivity index (χ0v) is 8.68. The molecule has 0 spiro atoms. The van der Waals surface area contributed by atoms with Crippen molar-refractivity contribution in [3.05, 3.63) is 29.8 Å². The van der Waals surface area contributed by atoms with E-state index in [1.807, 2.05) is 24.3 Å². The van der Waals surface area contributed by atoms with Gasteiger partial charge >= 0.3 is 5.97 Å². The summed E-state index contributed by atoms with van der Waals surface area (Å²) >= 11 is 0. The Morgan fingerprint density at radius 2 is 2.25 bits per heavy atom. The number of hydrogen-bond acceptors (Lipinski definition) is 3. The molecule has 0 aromatic heterocycles. The minimum atomic E-state index is -0.775. The van der Waals surface area contributed by atoms with Crippen molar-refractivity contribution in [3.63, 3.8) is 0 Å². The third-order valence-electron chi connectivity index (χ3n) is 3.28. The monoisotopic (exact) mass is 216 g/mol. The van der Waals surface area contributed by atoms with E-state index in [0.29, 0.717) is 13.0 Å². The highest BCUT2D eigenvalue weighted by Crippen LogP contribution is 2.39. The predicted octanol–water partition coefficient (Wildman–Crippen LogP) is 1.30. The maximum absolute atomic E-state index is 11.0. The molecule has 3 rings (SSSR count). The number of carboxylic acids is 1. The van der Waals surface area contributed by atoms with Crippen LogP contribution in [0.1, 0.15) is 17.9 Å². The first-order chi connectivity index (χ1) is 7.75. The molecule has 0 bridgehead atoms. The zero-order chi connectivity index (χ0) is 11.1. The van der Waals surface area contributed by atoms with Gasteiger partial charge in [0.05, 0.1) is 5.69 Å². The molecule has 2 aliphatic heterocycles. The lowest BCUT2D eigenvalue weighted by atomic mass is 9.86. The van der Waals surface area contributed by atoms with Gasteiger partial charge in [-0.05, 0) is 18.1 Å². The Labute approximate surface area is 93.0 Å². The summed E-state index contributed by atoms with van der Waals surface area (Å²) in [5.41, 5.74) is 3.24. The van der Waals surface area contributed by atoms with Crippen LogP contribution in [0.4, 0.5) is 5.69 Å². The van der Waals surface area contributed by atoms with Crippen LogP contribution in [0.2, 0.25) is 0 Å². The van der Waals surface area contributed by atoms with E-state index in [1.165, 1.54) is 5.56 Å². The molecule has 2 heterocycles. The van der Waals surface area contributed by atoms with E-state index >= 15 is 0 Å². The third kappa shape index (κ3) is 1.34. The first-order valence-electron chi connectivity index (χ1n) is 5.38. The van der Waals surface area contributed by atoms with E-state index in [1.54, 1.807) is 0 Å². The molecule has 0 saturated carbocycles. The lowest BCUT2D eigenvalue weighted by Crippen LogP contribution is -2.46. The lowest BCUT2D eigenvalue weighted by Gasteiger charge is -2.26. The number of hydrogen-bond donors (Lipinski definition) is 2. The summed E-state index contributed by atoms with van der Waals surface area (Å²) in [6, 6.07) is 7.52. The molecule has 16 heavy (non-hydrogen) atoms. The van der Waals surface area contributed by atoms with Crippen LogP contribution in [0.5, 0.6) is 0 Å². The second-order valence-corrected chi connectivity index (χ2v) is 4.22. The van der Waals surface area contributed by atoms with Crippen LogP contribution in [-0.4, -0.2) is 29.4 Å². The average Bonchev–Trinajstić information content (AvgIpc) is 2.66. The quantitative estimate of drug-likeness (QED) is 0.743. The normalized spacial score (nSPS) is 26.9. The van der Waals surface area contributed by atoms with Gasteiger partial charge in [-0.1, -0.05) is 18.2 Å². The second-order valence-electron chi connectivity index (χ2n) is 4.22. The third-order valence-corrected chi connectivity index (χ3v) is 3.28. The topological polar surface area (TPSA) is 61.7 Å². The fourth-order valence-corrected chi connectivity index (χ4v) is 2.46. The summed E-state index contributed by atoms with van der Waals surface area (Å²) in [4.78, 5) is 15.5. The highest BCUT2D eigenvalue weighted by Gasteiger charge is 2.35. The molecule has 0 radical (unpaired) electrons. The van der Waals surface area contributed by atoms with Crippen molar-refractivity contribution < 1.29 is 9.90 Å². The summed E-state index contributed by atoms with van der Waals surface area (Å²) in [5, 5.41) is 12.0. The van der Waals surface area contributed by atoms with Gasteiger partial charge in [-0.2, -0.15) is 0 Å². The van der Waals surface area contributed by atoms with Crippen LogP contribution in [0.3, 0.4) is 0 Å². The fourth-order valence-electron chi connectivity index (χ4n) is 2.46. The van der Waals surface area contributed by atoms with Crippen molar-refractivity contribution in [2.75, 3.05) is 6.54 Å². The number of nitrogens with zero attached hydrogens (tertiary/aromatic N) is 1. The van der Waals surface area contributed by atoms with Crippen LogP contribution in [0.25, 0.3) is 0 Å². The molecule has 2 atom stereocenters. The van der Waals surface area contributed by atoms with E-state index in [9.17, 15) is 4.79 Å². The molecule has 2 N–H and O–H groups in total. The number of benzene rings is 1. The zero-order valence-electron chi connectivity index (χ0n) is 8.68. The van der Waals surface area contributed by atoms with E-state index in [4.69, 9.17) is 5.11 Å². The number of para-hydroxylation sites is 1. The summed E-state index contributed by atoms with van der Waals surface area (Å²) < 4.78 is 0. The molecule has 0 amide bonds. The molecule has 0 aliphatic carbocycles. The minimum absolute atomic E-state index is 0.193. The van der Waals surface area contributed by atoms with Crippen molar-refractivity contribution in [1.82, 2.24) is 5.32 Å². The standard InChI is InChI=1S/C12H12N2O2/c15-12(16)10-5-8-7-3-1-2-4-9(7)14-11(8)6-13-10/h1-4,8,10,13H,5-6H2,(H,15,16). The SMILES string of the molecule is O=C(O)C1CC2C(=Nc3ccccc32)CN1. The highest BCUT2D eigenvalue weighted by molar-refractivity contribution is 6.01. The first kappa shape index (κ1) is 9.54. The van der Waals surface area contributed by atoms with Gasteiger partial charge in [-0.15, -0.1) is 0 Å². The second kappa shape index (κ2) is 3.42. The van der Waals surface area contributed by atoms with Crippen LogP contribution in [0.15, 0.2) is 29.3 Å². The Kier molecular flexibility index (Phi) is 2.04. The summed E-state index contributed by atoms with van der Waals surface area (Å²) in [5.74, 6) is -0.581. The van der Waals surface area contributed by atoms with E-state index < -0.39 is 12.0 Å². The largest absolute Gasteiger partial charge is 0.480 e. The van der Waals surface area contributed by atoms with Gasteiger partial charge in [-0.3, -0.25) is 15.1 Å². The Morgan fingerprint density at radius 3 is 3.06 bits per heavy atom. The number of fused-ring (bicyclic) bond motifs is 3. The van der Waals surface area contributed by atoms with Crippen molar-refractivity contribution >= 4 is 17.4 Å². The molecule has 82 valence electrons. The van der Waals surface area contributed by atoms with E-state index in [0.717, 1.165) is 11.4 Å². The molecule has 4 nitrogen and oxygen atoms in total. The van der Waals surface area contributed by atoms with Gasteiger partial charge in [0.25, 0.3) is 0 Å². The Bertz CT molecular complexity index is 482. The first-order valence-corrected chi connectivity index (χ1v) is 5.38. The van der Waals surface area contributed by atoms with Crippen molar-refractivity contribution in [2.45, 2.75) is 18.4 Å². The fraction of sp³-hybridized carbons (Fsp3) is 0.333. The van der Waals surface area contributed by atoms with E-state index in [2.05, 4.69) is 10.3 Å². The Hall–Kier alpha value is -1.68. The molecule has 1 saturated heterocycles. The van der Waals surface area contributed by atoms with Crippen molar-refractivity contribution in [1.29, 1.82) is 0 Å². The molecule has 2 unspecified atom stereocenters. The number of aliphatic carboxylic acids is 1. The number of carbonyl (C=O) groups is 1. The minimum Gasteiger partial charge on any atom is -0.480 e. The van der Waals surface area contributed by atoms with Crippen LogP contribution in [0, 0.1) is 0 Å². The molecule has 1 aromatic carbocycles. The van der Waals surface area contributed by atoms with Crippen LogP contribution >= 0.6 is 0 Å². The average molecular weight is 216 g/mol. The highest BCUT2D eigenvalue weighted by atomic mass is 16.4. The van der Waals surface area contributed by atoms with Crippen molar-refractivity contribution in [2.24, 2.45) is 4.99 Å². The molecule has 1 fully saturated rings. The number of nitrogens with one attached hydrogen (secondary N) is 1. The summed E-state index contributed by atoms with van der Waals surface area (Å²) in [6.07, 6.45) is 0.602. The number of carboxylic acid groups (broad SMARTS) is 1. The van der Waals surface area contributed by atoms with Gasteiger partial charge in [0.1, 0.15) is 6.04 Å². The Morgan fingerprint density at radius 1 is 1.44 bits per heavy atom. The van der Waals surface area contributed by atoms with Crippen LogP contribution < -0.4 is 5.32 Å². The summed E-state index contributed by atoms with van der Waals surface area (Å²) in [7, 11) is 0. The molecular formula is C12H12N2O2. The predicted molar refractivity (Wildman–Crippen MR) is 60.3 cm³/mol. The molecular weight excluding hydrogens is 204 g/mol. The number of aliphatic imine (C=N–C) groups is 1. The van der Waals surface area contributed by atoms with Crippen LogP contribution in [-0.2, 0) is 4.79 Å². The van der Waals surface area contributed by atoms with Crippen molar-refractivity contribution in [3.8, 4) is 0 Å². The van der Waals surface area contributed by atoms with Gasteiger partial charge in [0.2, 0.25) is 0 Å². The molecule has 2 aliphatic rings. The number of rotatable bonds is 1. The van der Waals surface area contributed by atoms with E-state index in [-0.39, 0.29) is 5.92 Å². The van der Waals surface area contributed by atoms with Gasteiger partial charge in [-0.25, -0.2) is 0 Å². The lowest BCUT2D eigenvalue weighted by molar-refractivity contribution is -0.139. The molecule has 1 aromatic rings. The van der Waals surface area contributed by atoms with Gasteiger partial charge in [0, 0.05) is 18.2 Å². The maximum atomic E-state index is 11.0. The van der Waals surface area contributed by atoms with Gasteiger partial charge < -0.3 is 5.11 Å². The summed E-state index contributed by atoms with van der Waals surface area (Å²) in [6.45, 7) is 0.580. The number of piperidine rings is 1.